The minimum Gasteiger partial charge on any atom is -0.370 e. The average molecular weight is 828 g/mol. The number of nitrogens with two attached hydrogens (primary N) is 2. The van der Waals surface area contributed by atoms with Gasteiger partial charge in [0, 0.05) is 36.3 Å². The number of carbonyl (C=O) groups excluding carboxylic acids is 10. The van der Waals surface area contributed by atoms with Gasteiger partial charge in [0.25, 0.3) is 0 Å². The molecular weight excluding hydrogens is 771 g/mol. The Morgan fingerprint density at radius 2 is 1.42 bits per heavy atom. The Bertz CT molecular complexity index is 1470. The zero-order chi connectivity index (χ0) is 42.5. The van der Waals surface area contributed by atoms with Crippen molar-refractivity contribution in [3.05, 3.63) is 0 Å². The molecule has 2 fully saturated rings. The number of hydrogen-bond donors (Lipinski definition) is 12. The van der Waals surface area contributed by atoms with E-state index in [2.05, 4.69) is 42.5 Å². The monoisotopic (exact) mass is 827 g/mol. The highest BCUT2D eigenvalue weighted by molar-refractivity contribution is 8.00. The number of hydroxylamine groups is 1. The van der Waals surface area contributed by atoms with Crippen molar-refractivity contribution in [1.29, 1.82) is 0 Å². The number of rotatable bonds is 27. The van der Waals surface area contributed by atoms with Crippen molar-refractivity contribution in [2.45, 2.75) is 107 Å². The van der Waals surface area contributed by atoms with Crippen molar-refractivity contribution >= 4 is 71.0 Å². The Labute approximate surface area is 334 Å². The molecule has 0 aliphatic carbocycles. The quantitative estimate of drug-likeness (QED) is 0.0164. The molecule has 2 saturated heterocycles. The largest absolute Gasteiger partial charge is 0.370 e. The number of primary amides is 2. The Balaban J connectivity index is 1.62. The summed E-state index contributed by atoms with van der Waals surface area (Å²) in [4.78, 5) is 121. The number of amides is 11. The molecule has 2 aliphatic rings. The molecule has 2 rings (SSSR count). The molecule has 6 atom stereocenters. The molecule has 0 saturated carbocycles. The van der Waals surface area contributed by atoms with Gasteiger partial charge in [0.1, 0.15) is 12.1 Å². The molecule has 0 aromatic carbocycles. The minimum atomic E-state index is -1.49. The first kappa shape index (κ1) is 48.0. The number of unbranched alkanes of at least 4 members (excludes halogenated alkanes) is 2. The fraction of sp³-hybridized carbons (Fsp3) is 0.706. The summed E-state index contributed by atoms with van der Waals surface area (Å²) in [6.07, 6.45) is 3.26. The molecule has 320 valence electrons. The fourth-order valence-corrected chi connectivity index (χ4v) is 7.73. The van der Waals surface area contributed by atoms with E-state index < -0.39 is 97.7 Å². The second-order valence-corrected chi connectivity index (χ2v) is 15.6. The first-order chi connectivity index (χ1) is 27.0. The van der Waals surface area contributed by atoms with Gasteiger partial charge in [-0.2, -0.15) is 11.8 Å². The van der Waals surface area contributed by atoms with Gasteiger partial charge in [-0.25, -0.2) is 10.3 Å². The Morgan fingerprint density at radius 1 is 0.754 bits per heavy atom. The van der Waals surface area contributed by atoms with Crippen LogP contribution < -0.4 is 59.5 Å². The highest BCUT2D eigenvalue weighted by Crippen LogP contribution is 2.33. The predicted octanol–water partition coefficient (Wildman–Crippen LogP) is -3.76. The van der Waals surface area contributed by atoms with Crippen LogP contribution in [0.5, 0.6) is 0 Å². The lowest BCUT2D eigenvalue weighted by Gasteiger charge is -2.22. The van der Waals surface area contributed by atoms with Gasteiger partial charge in [0.15, 0.2) is 0 Å². The third-order valence-electron chi connectivity index (χ3n) is 9.04. The first-order valence-electron chi connectivity index (χ1n) is 18.9. The molecule has 22 nitrogen and oxygen atoms in total. The van der Waals surface area contributed by atoms with Crippen LogP contribution in [-0.4, -0.2) is 126 Å². The van der Waals surface area contributed by atoms with E-state index in [1.54, 1.807) is 13.8 Å². The Hall–Kier alpha value is -5.19. The lowest BCUT2D eigenvalue weighted by molar-refractivity contribution is -0.137. The van der Waals surface area contributed by atoms with Crippen LogP contribution >= 0.6 is 11.8 Å². The number of nitrogens with one attached hydrogen (secondary N) is 9. The third-order valence-corrected chi connectivity index (χ3v) is 10.5. The van der Waals surface area contributed by atoms with Gasteiger partial charge < -0.3 is 54.0 Å². The smallest absolute Gasteiger partial charge is 0.315 e. The van der Waals surface area contributed by atoms with Crippen LogP contribution in [0.15, 0.2) is 0 Å². The van der Waals surface area contributed by atoms with Gasteiger partial charge >= 0.3 is 6.03 Å². The Kier molecular flexibility index (Phi) is 21.2. The number of carbonyl (C=O) groups is 10. The normalized spacial score (nSPS) is 18.4. The predicted molar refractivity (Wildman–Crippen MR) is 204 cm³/mol. The van der Waals surface area contributed by atoms with Crippen LogP contribution in [0.3, 0.4) is 0 Å². The van der Waals surface area contributed by atoms with Crippen molar-refractivity contribution < 1.29 is 53.2 Å². The van der Waals surface area contributed by atoms with E-state index in [1.165, 1.54) is 5.48 Å². The summed E-state index contributed by atoms with van der Waals surface area (Å²) in [5.74, 6) is -6.75. The van der Waals surface area contributed by atoms with Crippen molar-refractivity contribution in [3.63, 3.8) is 0 Å². The summed E-state index contributed by atoms with van der Waals surface area (Å²) >= 11 is 1.83. The van der Waals surface area contributed by atoms with Gasteiger partial charge in [0.2, 0.25) is 53.2 Å². The summed E-state index contributed by atoms with van der Waals surface area (Å²) in [6.45, 7) is 2.17. The molecule has 11 amide bonds. The van der Waals surface area contributed by atoms with Crippen LogP contribution in [0.1, 0.15) is 78.1 Å². The van der Waals surface area contributed by atoms with E-state index in [-0.39, 0.29) is 42.8 Å². The van der Waals surface area contributed by atoms with Crippen molar-refractivity contribution in [3.8, 4) is 0 Å². The molecule has 1 unspecified atom stereocenters. The van der Waals surface area contributed by atoms with Gasteiger partial charge in [-0.3, -0.25) is 48.4 Å². The molecule has 2 aliphatic heterocycles. The average Bonchev–Trinajstić information content (AvgIpc) is 3.70. The highest BCUT2D eigenvalue weighted by Gasteiger charge is 2.42. The van der Waals surface area contributed by atoms with Crippen LogP contribution in [-0.2, 0) is 43.2 Å². The topological polar surface area (TPSA) is 351 Å². The van der Waals surface area contributed by atoms with Crippen LogP contribution in [0.25, 0.3) is 0 Å². The van der Waals surface area contributed by atoms with E-state index in [0.717, 1.165) is 25.0 Å². The molecule has 0 radical (unpaired) electrons. The van der Waals surface area contributed by atoms with Crippen molar-refractivity contribution in [1.82, 2.24) is 48.0 Å². The number of hydrogen-bond acceptors (Lipinski definition) is 12. The molecule has 0 bridgehead atoms. The minimum absolute atomic E-state index is 0.0400. The van der Waals surface area contributed by atoms with E-state index in [4.69, 9.17) is 16.7 Å². The highest BCUT2D eigenvalue weighted by atomic mass is 32.2. The zero-order valence-corrected chi connectivity index (χ0v) is 33.1. The lowest BCUT2D eigenvalue weighted by atomic mass is 9.92. The molecule has 0 aromatic rings. The molecule has 0 spiro atoms. The van der Waals surface area contributed by atoms with E-state index >= 15 is 0 Å². The number of thioether (sulfide) groups is 1. The second-order valence-electron chi connectivity index (χ2n) is 14.3. The van der Waals surface area contributed by atoms with E-state index in [9.17, 15) is 47.9 Å². The maximum Gasteiger partial charge on any atom is 0.315 e. The van der Waals surface area contributed by atoms with Gasteiger partial charge in [-0.15, -0.1) is 0 Å². The molecule has 57 heavy (non-hydrogen) atoms. The molecule has 14 N–H and O–H groups in total. The summed E-state index contributed by atoms with van der Waals surface area (Å²) in [6, 6.07) is -2.33. The first-order valence-corrected chi connectivity index (χ1v) is 19.9. The van der Waals surface area contributed by atoms with Gasteiger partial charge in [-0.05, 0) is 44.4 Å². The lowest BCUT2D eigenvalue weighted by Crippen LogP contribution is -2.52. The number of urea groups is 1. The number of fused-ring (bicyclic) bond motifs is 1. The van der Waals surface area contributed by atoms with E-state index in [0.29, 0.717) is 31.1 Å². The van der Waals surface area contributed by atoms with Gasteiger partial charge in [0.05, 0.1) is 38.1 Å². The second kappa shape index (κ2) is 25.1. The summed E-state index contributed by atoms with van der Waals surface area (Å²) in [5.41, 5.74) is 12.1. The van der Waals surface area contributed by atoms with Crippen LogP contribution in [0.2, 0.25) is 0 Å². The van der Waals surface area contributed by atoms with Gasteiger partial charge in [-0.1, -0.05) is 20.3 Å². The SMILES string of the molecule is CC(C)CC(CC(=O)NO)C(=O)N[C@@H](CC(N)=O)C(=O)NCC(=O)NCC(=O)NCC(=O)N[C@@H](CCCCNC(=O)CCCC[C@@H]1SC[C@@H]2NC(=O)N[C@@H]21)C(N)=O. The summed E-state index contributed by atoms with van der Waals surface area (Å²) < 4.78 is 0. The van der Waals surface area contributed by atoms with E-state index in [1.807, 2.05) is 11.8 Å². The fourth-order valence-electron chi connectivity index (χ4n) is 6.19. The van der Waals surface area contributed by atoms with Crippen molar-refractivity contribution in [2.75, 3.05) is 31.9 Å². The maximum absolute atomic E-state index is 12.8. The zero-order valence-electron chi connectivity index (χ0n) is 32.2. The summed E-state index contributed by atoms with van der Waals surface area (Å²) in [5, 5.41) is 29.4. The summed E-state index contributed by atoms with van der Waals surface area (Å²) in [7, 11) is 0. The molecule has 2 heterocycles. The van der Waals surface area contributed by atoms with Crippen LogP contribution in [0, 0.1) is 11.8 Å². The molecule has 23 heteroatoms. The molecule has 0 aromatic heterocycles. The standard InChI is InChI=1S/C34H57N11O11S/c1-18(2)11-19(12-26(48)45-56)32(53)42-21(13-24(35)46)33(54)40-15-28(50)38-14-27(49)39-16-29(51)41-20(31(36)52)7-5-6-10-37-25(47)9-4-3-8-23-30-22(17-57-23)43-34(55)44-30/h18-23,30,56H,3-17H2,1-2H3,(H2,35,46)(H2,36,52)(H,37,47)(H,38,50)(H,39,49)(H,40,54)(H,41,51)(H,42,53)(H,45,48)(H2,43,44,55)/t19?,20-,21-,22-,23-,30-/m0/s1. The molecular formula is C34H57N11O11S. The third kappa shape index (κ3) is 19.0. The van der Waals surface area contributed by atoms with Crippen LogP contribution in [0.4, 0.5) is 4.79 Å². The van der Waals surface area contributed by atoms with Crippen molar-refractivity contribution in [2.24, 2.45) is 23.3 Å². The Morgan fingerprint density at radius 3 is 2.05 bits per heavy atom. The maximum atomic E-state index is 12.8.